The molecular weight excluding hydrogens is 388 g/mol. The van der Waals surface area contributed by atoms with Crippen LogP contribution in [-0.2, 0) is 11.3 Å². The summed E-state index contributed by atoms with van der Waals surface area (Å²) in [6, 6.07) is 13.1. The van der Waals surface area contributed by atoms with Crippen LogP contribution in [0.4, 0.5) is 8.78 Å². The number of rotatable bonds is 6. The zero-order valence-corrected chi connectivity index (χ0v) is 17.3. The summed E-state index contributed by atoms with van der Waals surface area (Å²) in [4.78, 5) is 18.2. The van der Waals surface area contributed by atoms with Gasteiger partial charge in [0, 0.05) is 37.2 Å². The van der Waals surface area contributed by atoms with Crippen molar-refractivity contribution in [1.82, 2.24) is 14.7 Å². The number of nitrogens with zero attached hydrogens (tertiary/aromatic N) is 3. The van der Waals surface area contributed by atoms with Gasteiger partial charge in [0.2, 0.25) is 5.91 Å². The van der Waals surface area contributed by atoms with Crippen molar-refractivity contribution < 1.29 is 18.7 Å². The molecule has 2 atom stereocenters. The van der Waals surface area contributed by atoms with E-state index in [1.54, 1.807) is 4.90 Å². The molecule has 0 saturated carbocycles. The summed E-state index contributed by atoms with van der Waals surface area (Å²) >= 11 is 0. The van der Waals surface area contributed by atoms with E-state index in [1.807, 2.05) is 54.2 Å². The minimum atomic E-state index is -0.488. The highest BCUT2D eigenvalue weighted by Crippen LogP contribution is 2.54. The Morgan fingerprint density at radius 2 is 1.87 bits per heavy atom. The molecule has 0 aromatic heterocycles. The predicted octanol–water partition coefficient (Wildman–Crippen LogP) is 2.07. The number of halogens is 2. The van der Waals surface area contributed by atoms with Gasteiger partial charge in [-0.2, -0.15) is 0 Å². The average Bonchev–Trinajstić information content (AvgIpc) is 2.66. The zero-order chi connectivity index (χ0) is 21.5. The summed E-state index contributed by atoms with van der Waals surface area (Å²) in [7, 11) is 3.70. The van der Waals surface area contributed by atoms with Crippen molar-refractivity contribution in [3.8, 4) is 0 Å². The highest BCUT2D eigenvalue weighted by Gasteiger charge is 2.66. The number of likely N-dealkylation sites (tertiary alicyclic amines) is 2. The third-order valence-corrected chi connectivity index (χ3v) is 6.36. The summed E-state index contributed by atoms with van der Waals surface area (Å²) in [5.74, 6) is -0.894. The Labute approximate surface area is 175 Å². The molecule has 2 aromatic rings. The molecule has 2 heterocycles. The molecule has 1 N–H and O–H groups in total. The topological polar surface area (TPSA) is 47.0 Å². The fraction of sp³-hybridized carbons (Fsp3) is 0.435. The van der Waals surface area contributed by atoms with Crippen LogP contribution in [0.5, 0.6) is 0 Å². The van der Waals surface area contributed by atoms with E-state index in [0.717, 1.165) is 17.7 Å². The molecule has 0 unspecified atom stereocenters. The number of hydrogen-bond acceptors (Lipinski definition) is 4. The quantitative estimate of drug-likeness (QED) is 0.785. The number of aliphatic hydroxyl groups excluding tert-OH is 1. The van der Waals surface area contributed by atoms with E-state index in [9.17, 15) is 18.7 Å². The van der Waals surface area contributed by atoms with Gasteiger partial charge in [0.25, 0.3) is 0 Å². The summed E-state index contributed by atoms with van der Waals surface area (Å²) < 4.78 is 28.1. The normalized spacial score (nSPS) is 22.8. The van der Waals surface area contributed by atoms with Crippen molar-refractivity contribution >= 4 is 5.91 Å². The van der Waals surface area contributed by atoms with Crippen molar-refractivity contribution in [1.29, 1.82) is 0 Å². The Balaban J connectivity index is 1.63. The number of carbonyl (C=O) groups is 1. The van der Waals surface area contributed by atoms with Gasteiger partial charge in [-0.05, 0) is 37.9 Å². The van der Waals surface area contributed by atoms with E-state index in [2.05, 4.69) is 0 Å². The fourth-order valence-corrected chi connectivity index (χ4v) is 5.02. The van der Waals surface area contributed by atoms with E-state index in [0.29, 0.717) is 19.6 Å². The first kappa shape index (κ1) is 20.9. The van der Waals surface area contributed by atoms with Gasteiger partial charge >= 0.3 is 0 Å². The van der Waals surface area contributed by atoms with Crippen LogP contribution in [0.3, 0.4) is 0 Å². The van der Waals surface area contributed by atoms with Crippen LogP contribution in [0.1, 0.15) is 17.0 Å². The lowest BCUT2D eigenvalue weighted by Crippen LogP contribution is -2.84. The largest absolute Gasteiger partial charge is 0.395 e. The van der Waals surface area contributed by atoms with Gasteiger partial charge < -0.3 is 14.9 Å². The van der Waals surface area contributed by atoms with Crippen LogP contribution >= 0.6 is 0 Å². The molecule has 2 aliphatic heterocycles. The average molecular weight is 415 g/mol. The van der Waals surface area contributed by atoms with Gasteiger partial charge in [-0.25, -0.2) is 8.78 Å². The Hall–Kier alpha value is -2.35. The SMILES string of the molecule is CN(C)CC(=O)N1CC2(C1)[C@H](c1ccccc1)[C@H](CO)N2Cc1cc(F)ccc1F. The van der Waals surface area contributed by atoms with Gasteiger partial charge in [0.05, 0.1) is 18.7 Å². The highest BCUT2D eigenvalue weighted by molar-refractivity contribution is 5.79. The zero-order valence-electron chi connectivity index (χ0n) is 17.3. The second-order valence-electron chi connectivity index (χ2n) is 8.59. The van der Waals surface area contributed by atoms with Crippen LogP contribution in [0, 0.1) is 11.6 Å². The van der Waals surface area contributed by atoms with Gasteiger partial charge in [-0.15, -0.1) is 0 Å². The van der Waals surface area contributed by atoms with E-state index >= 15 is 0 Å². The molecule has 160 valence electrons. The van der Waals surface area contributed by atoms with Crippen LogP contribution < -0.4 is 0 Å². The molecule has 7 heteroatoms. The standard InChI is InChI=1S/C23H27F2N3O2/c1-26(2)12-21(30)27-14-23(15-27)22(16-6-4-3-5-7-16)20(13-29)28(23)11-17-10-18(24)8-9-19(17)25/h3-10,20,22,29H,11-15H2,1-2H3/t20-,22+/m0/s1. The maximum Gasteiger partial charge on any atom is 0.236 e. The molecule has 30 heavy (non-hydrogen) atoms. The first-order valence-corrected chi connectivity index (χ1v) is 10.1. The minimum absolute atomic E-state index is 0.0173. The Bertz CT molecular complexity index is 916. The molecule has 2 aliphatic rings. The number of hydrogen-bond donors (Lipinski definition) is 1. The maximum atomic E-state index is 14.3. The van der Waals surface area contributed by atoms with Gasteiger partial charge in [0.1, 0.15) is 11.6 Å². The number of benzene rings is 2. The van der Waals surface area contributed by atoms with Gasteiger partial charge in [-0.1, -0.05) is 30.3 Å². The Morgan fingerprint density at radius 1 is 1.17 bits per heavy atom. The van der Waals surface area contributed by atoms with Crippen LogP contribution in [0.25, 0.3) is 0 Å². The molecule has 2 fully saturated rings. The van der Waals surface area contributed by atoms with Crippen molar-refractivity contribution in [2.45, 2.75) is 24.0 Å². The molecule has 0 radical (unpaired) electrons. The second-order valence-corrected chi connectivity index (χ2v) is 8.59. The van der Waals surface area contributed by atoms with Crippen molar-refractivity contribution in [3.63, 3.8) is 0 Å². The molecule has 4 rings (SSSR count). The molecule has 5 nitrogen and oxygen atoms in total. The summed E-state index contributed by atoms with van der Waals surface area (Å²) in [6.07, 6.45) is 0. The maximum absolute atomic E-state index is 14.3. The summed E-state index contributed by atoms with van der Waals surface area (Å²) in [5.41, 5.74) is 0.958. The first-order chi connectivity index (χ1) is 14.4. The predicted molar refractivity (Wildman–Crippen MR) is 110 cm³/mol. The van der Waals surface area contributed by atoms with Crippen molar-refractivity contribution in [3.05, 3.63) is 71.3 Å². The minimum Gasteiger partial charge on any atom is -0.395 e. The summed E-state index contributed by atoms with van der Waals surface area (Å²) in [5, 5.41) is 10.1. The monoisotopic (exact) mass is 415 g/mol. The van der Waals surface area contributed by atoms with Crippen LogP contribution in [0.2, 0.25) is 0 Å². The Morgan fingerprint density at radius 3 is 2.50 bits per heavy atom. The van der Waals surface area contributed by atoms with Crippen LogP contribution in [0.15, 0.2) is 48.5 Å². The highest BCUT2D eigenvalue weighted by atomic mass is 19.1. The number of aliphatic hydroxyl groups is 1. The molecule has 1 amide bonds. The number of carbonyl (C=O) groups excluding carboxylic acids is 1. The molecule has 0 bridgehead atoms. The first-order valence-electron chi connectivity index (χ1n) is 10.1. The second kappa shape index (κ2) is 8.06. The molecular formula is C23H27F2N3O2. The van der Waals surface area contributed by atoms with Gasteiger partial charge in [-0.3, -0.25) is 9.69 Å². The van der Waals surface area contributed by atoms with Gasteiger partial charge in [0.15, 0.2) is 0 Å². The number of amides is 1. The lowest BCUT2D eigenvalue weighted by molar-refractivity contribution is -0.200. The molecule has 2 aromatic carbocycles. The summed E-state index contributed by atoms with van der Waals surface area (Å²) in [6.45, 7) is 1.44. The molecule has 1 spiro atoms. The smallest absolute Gasteiger partial charge is 0.236 e. The van der Waals surface area contributed by atoms with Crippen molar-refractivity contribution in [2.75, 3.05) is 40.3 Å². The van der Waals surface area contributed by atoms with E-state index in [-0.39, 0.29) is 36.6 Å². The van der Waals surface area contributed by atoms with E-state index in [4.69, 9.17) is 0 Å². The molecule has 0 aliphatic carbocycles. The third kappa shape index (κ3) is 3.51. The van der Waals surface area contributed by atoms with Crippen LogP contribution in [-0.4, -0.2) is 77.6 Å². The van der Waals surface area contributed by atoms with E-state index < -0.39 is 17.2 Å². The lowest BCUT2D eigenvalue weighted by Gasteiger charge is -2.71. The van der Waals surface area contributed by atoms with E-state index in [1.165, 1.54) is 6.07 Å². The Kier molecular flexibility index (Phi) is 5.61. The van der Waals surface area contributed by atoms with Crippen molar-refractivity contribution in [2.24, 2.45) is 0 Å². The number of likely N-dealkylation sites (N-methyl/N-ethyl adjacent to an activating group) is 1. The molecule has 2 saturated heterocycles. The lowest BCUT2D eigenvalue weighted by atomic mass is 9.60. The third-order valence-electron chi connectivity index (χ3n) is 6.36. The fourth-order valence-electron chi connectivity index (χ4n) is 5.02.